The summed E-state index contributed by atoms with van der Waals surface area (Å²) in [5.41, 5.74) is 1.84. The molecule has 0 amide bonds. The molecule has 1 atom stereocenters. The number of pyridine rings is 1. The third-order valence-corrected chi connectivity index (χ3v) is 4.58. The second kappa shape index (κ2) is 8.22. The molecule has 0 saturated carbocycles. The van der Waals surface area contributed by atoms with Gasteiger partial charge < -0.3 is 14.5 Å². The van der Waals surface area contributed by atoms with E-state index in [0.29, 0.717) is 11.0 Å². The Bertz CT molecular complexity index is 1180. The van der Waals surface area contributed by atoms with Gasteiger partial charge in [-0.25, -0.2) is 4.98 Å². The molecule has 0 aliphatic carbocycles. The quantitative estimate of drug-likeness (QED) is 0.661. The Morgan fingerprint density at radius 2 is 2.20 bits per heavy atom. The van der Waals surface area contributed by atoms with E-state index in [1.54, 1.807) is 24.3 Å². The maximum absolute atomic E-state index is 12.8. The van der Waals surface area contributed by atoms with E-state index in [9.17, 15) is 4.21 Å². The maximum Gasteiger partial charge on any atom is 0.197 e. The minimum Gasteiger partial charge on any atom is -0.493 e. The van der Waals surface area contributed by atoms with Crippen LogP contribution in [0.25, 0.3) is 11.0 Å². The maximum atomic E-state index is 12.8. The van der Waals surface area contributed by atoms with Crippen molar-refractivity contribution in [3.63, 3.8) is 0 Å². The molecule has 2 heterocycles. The number of hydrogen-bond acceptors (Lipinski definition) is 5. The van der Waals surface area contributed by atoms with Crippen LogP contribution in [0, 0.1) is 6.92 Å². The summed E-state index contributed by atoms with van der Waals surface area (Å²) in [7, 11) is -4.96. The number of para-hydroxylation sites is 2. The van der Waals surface area contributed by atoms with Gasteiger partial charge in [-0.1, -0.05) is 12.1 Å². The van der Waals surface area contributed by atoms with Gasteiger partial charge in [-0.05, 0) is 25.1 Å². The van der Waals surface area contributed by atoms with E-state index in [-0.39, 0.29) is 27.9 Å². The number of benzene rings is 1. The van der Waals surface area contributed by atoms with Gasteiger partial charge >= 0.3 is 0 Å². The second-order valence-corrected chi connectivity index (χ2v) is 6.33. The molecular formula is C18H21N3O3S. The molecule has 7 heteroatoms. The Morgan fingerprint density at radius 3 is 3.04 bits per heavy atom. The van der Waals surface area contributed by atoms with Crippen molar-refractivity contribution in [1.29, 1.82) is 0 Å². The van der Waals surface area contributed by atoms with Gasteiger partial charge in [-0.3, -0.25) is 9.19 Å². The molecule has 0 aliphatic rings. The Balaban J connectivity index is 1.84. The fourth-order valence-corrected chi connectivity index (χ4v) is 3.27. The van der Waals surface area contributed by atoms with Crippen molar-refractivity contribution < 1.29 is 26.0 Å². The molecular weight excluding hydrogens is 338 g/mol. The summed E-state index contributed by atoms with van der Waals surface area (Å²) in [5, 5.41) is 0.218. The molecule has 0 fully saturated rings. The van der Waals surface area contributed by atoms with Gasteiger partial charge in [0.15, 0.2) is 5.16 Å². The summed E-state index contributed by atoms with van der Waals surface area (Å²) in [6.07, 6.45) is -2.30. The predicted octanol–water partition coefficient (Wildman–Crippen LogP) is 2.99. The van der Waals surface area contributed by atoms with E-state index in [1.807, 2.05) is 0 Å². The first-order chi connectivity index (χ1) is 15.5. The molecule has 25 heavy (non-hydrogen) atoms. The van der Waals surface area contributed by atoms with Crippen LogP contribution in [0.1, 0.15) is 30.0 Å². The fourth-order valence-electron chi connectivity index (χ4n) is 2.17. The summed E-state index contributed by atoms with van der Waals surface area (Å²) in [6, 6.07) is 8.37. The molecule has 132 valence electrons. The molecule has 3 rings (SSSR count). The van der Waals surface area contributed by atoms with Gasteiger partial charge in [0, 0.05) is 34.5 Å². The highest BCUT2D eigenvalue weighted by molar-refractivity contribution is 7.84. The molecule has 1 unspecified atom stereocenters. The molecule has 1 aromatic carbocycles. The minimum atomic E-state index is -3.56. The van der Waals surface area contributed by atoms with Crippen molar-refractivity contribution in [2.24, 2.45) is 0 Å². The first kappa shape index (κ1) is 9.45. The molecule has 2 aromatic heterocycles. The van der Waals surface area contributed by atoms with Gasteiger partial charge in [-0.2, -0.15) is 0 Å². The number of nitrogens with one attached hydrogen (secondary N) is 1. The van der Waals surface area contributed by atoms with Crippen molar-refractivity contribution >= 4 is 21.8 Å². The summed E-state index contributed by atoms with van der Waals surface area (Å²) < 4.78 is 90.4. The van der Waals surface area contributed by atoms with Crippen molar-refractivity contribution in [2.45, 2.75) is 24.2 Å². The Morgan fingerprint density at radius 1 is 1.32 bits per heavy atom. The first-order valence-corrected chi connectivity index (χ1v) is 8.53. The molecule has 0 bridgehead atoms. The summed E-state index contributed by atoms with van der Waals surface area (Å²) in [4.78, 5) is 11.4. The molecule has 3 aromatic rings. The Hall–Kier alpha value is -2.25. The number of ether oxygens (including phenoxy) is 2. The standard InChI is InChI=1S/C18H21N3O3S/c1-13-16(19-9-8-17(13)24-11-5-10-23-2)12-25(22)18-20-14-6-3-4-7-15(14)21-18/h3-4,6-9H,5,10-12H2,1-2H3,(H,20,21)/i2D3,5D2,10D2,11D2. The molecule has 0 radical (unpaired) electrons. The molecule has 1 N–H and O–H groups in total. The van der Waals surface area contributed by atoms with E-state index in [2.05, 4.69) is 19.7 Å². The van der Waals surface area contributed by atoms with Crippen LogP contribution in [0.15, 0.2) is 41.7 Å². The third-order valence-electron chi connectivity index (χ3n) is 3.42. The lowest BCUT2D eigenvalue weighted by Crippen LogP contribution is -2.06. The average molecular weight is 369 g/mol. The number of fused-ring (bicyclic) bond motifs is 1. The Kier molecular flexibility index (Phi) is 3.11. The van der Waals surface area contributed by atoms with E-state index in [0.717, 1.165) is 0 Å². The highest BCUT2D eigenvalue weighted by Crippen LogP contribution is 2.22. The second-order valence-electron chi connectivity index (χ2n) is 4.96. The third kappa shape index (κ3) is 4.24. The lowest BCUT2D eigenvalue weighted by atomic mass is 10.2. The molecule has 0 aliphatic heterocycles. The average Bonchev–Trinajstić information content (AvgIpc) is 3.13. The van der Waals surface area contributed by atoms with Crippen LogP contribution < -0.4 is 4.74 Å². The van der Waals surface area contributed by atoms with Gasteiger partial charge in [0.2, 0.25) is 0 Å². The lowest BCUT2D eigenvalue weighted by molar-refractivity contribution is 0.172. The molecule has 0 spiro atoms. The van der Waals surface area contributed by atoms with Crippen molar-refractivity contribution in [1.82, 2.24) is 15.0 Å². The number of rotatable bonds is 8. The first-order valence-electron chi connectivity index (χ1n) is 11.7. The van der Waals surface area contributed by atoms with Crippen molar-refractivity contribution in [3.8, 4) is 5.75 Å². The largest absolute Gasteiger partial charge is 0.493 e. The van der Waals surface area contributed by atoms with Gasteiger partial charge in [0.25, 0.3) is 0 Å². The van der Waals surface area contributed by atoms with E-state index < -0.39 is 37.3 Å². The summed E-state index contributed by atoms with van der Waals surface area (Å²) >= 11 is 0. The normalized spacial score (nSPS) is 20.0. The molecule has 0 saturated heterocycles. The zero-order valence-corrected chi connectivity index (χ0v) is 14.0. The van der Waals surface area contributed by atoms with Crippen LogP contribution in [0.3, 0.4) is 0 Å². The highest BCUT2D eigenvalue weighted by atomic mass is 32.2. The number of aromatic nitrogens is 3. The number of hydrogen-bond donors (Lipinski definition) is 1. The van der Waals surface area contributed by atoms with Gasteiger partial charge in [-0.15, -0.1) is 0 Å². The molecule has 6 nitrogen and oxygen atoms in total. The number of methoxy groups -OCH3 is 1. The Labute approximate surface area is 161 Å². The fraction of sp³-hybridized carbons (Fsp3) is 0.333. The van der Waals surface area contributed by atoms with E-state index in [1.165, 1.54) is 19.2 Å². The summed E-state index contributed by atoms with van der Waals surface area (Å²) in [6.45, 7) is -5.43. The summed E-state index contributed by atoms with van der Waals surface area (Å²) in [5.74, 6) is -0.299. The predicted molar refractivity (Wildman–Crippen MR) is 97.2 cm³/mol. The zero-order valence-electron chi connectivity index (χ0n) is 22.2. The zero-order chi connectivity index (χ0) is 25.5. The number of imidazole rings is 1. The number of H-pyrrole nitrogens is 1. The van der Waals surface area contributed by atoms with Crippen molar-refractivity contribution in [3.05, 3.63) is 47.8 Å². The van der Waals surface area contributed by atoms with Gasteiger partial charge in [0.1, 0.15) is 5.75 Å². The topological polar surface area (TPSA) is 77.1 Å². The smallest absolute Gasteiger partial charge is 0.197 e. The van der Waals surface area contributed by atoms with Crippen LogP contribution >= 0.6 is 0 Å². The minimum absolute atomic E-state index is 0.109. The van der Waals surface area contributed by atoms with Crippen LogP contribution in [0.2, 0.25) is 0 Å². The number of nitrogens with zero attached hydrogens (tertiary/aromatic N) is 2. The highest BCUT2D eigenvalue weighted by Gasteiger charge is 2.14. The number of aromatic amines is 1. The van der Waals surface area contributed by atoms with Crippen LogP contribution in [0.5, 0.6) is 5.75 Å². The SMILES string of the molecule is [2H]C([2H])([2H])OC([2H])([2H])C([2H])([2H])C([2H])([2H])Oc1ccnc(CS(=O)c2nc3ccccc3[nH]2)c1C. The van der Waals surface area contributed by atoms with Crippen LogP contribution in [-0.4, -0.2) is 39.3 Å². The van der Waals surface area contributed by atoms with Crippen molar-refractivity contribution in [2.75, 3.05) is 20.2 Å². The lowest BCUT2D eigenvalue weighted by Gasteiger charge is -2.11. The van der Waals surface area contributed by atoms with Crippen LogP contribution in [0.4, 0.5) is 0 Å². The van der Waals surface area contributed by atoms with Gasteiger partial charge in [0.05, 0.1) is 49.4 Å². The van der Waals surface area contributed by atoms with E-state index >= 15 is 0 Å². The van der Waals surface area contributed by atoms with E-state index in [4.69, 9.17) is 17.1 Å². The van der Waals surface area contributed by atoms with Crippen LogP contribution in [-0.2, 0) is 21.3 Å². The monoisotopic (exact) mass is 368 g/mol.